The van der Waals surface area contributed by atoms with Gasteiger partial charge in [0.15, 0.2) is 0 Å². The second-order valence-electron chi connectivity index (χ2n) is 8.27. The molecule has 2 nitrogen and oxygen atoms in total. The van der Waals surface area contributed by atoms with Crippen LogP contribution in [0.4, 0.5) is 0 Å². The van der Waals surface area contributed by atoms with Crippen molar-refractivity contribution in [2.24, 2.45) is 29.1 Å². The van der Waals surface area contributed by atoms with Crippen molar-refractivity contribution in [3.05, 3.63) is 23.0 Å². The minimum atomic E-state index is -0.00428. The molecule has 0 N–H and O–H groups in total. The van der Waals surface area contributed by atoms with Crippen LogP contribution in [-0.4, -0.2) is 12.9 Å². The van der Waals surface area contributed by atoms with Gasteiger partial charge in [0, 0.05) is 18.3 Å². The predicted molar refractivity (Wildman–Crippen MR) is 87.2 cm³/mol. The van der Waals surface area contributed by atoms with Gasteiger partial charge < -0.3 is 4.74 Å². The summed E-state index contributed by atoms with van der Waals surface area (Å²) in [5.41, 5.74) is 3.36. The second kappa shape index (κ2) is 4.97. The van der Waals surface area contributed by atoms with Crippen molar-refractivity contribution >= 4 is 5.78 Å². The van der Waals surface area contributed by atoms with E-state index in [1.165, 1.54) is 12.8 Å². The van der Waals surface area contributed by atoms with Gasteiger partial charge in [-0.25, -0.2) is 0 Å². The van der Waals surface area contributed by atoms with Gasteiger partial charge in [-0.1, -0.05) is 25.0 Å². The molecule has 0 heterocycles. The Morgan fingerprint density at radius 2 is 2.14 bits per heavy atom. The molecule has 2 saturated carbocycles. The number of carbonyl (C=O) groups excluding carboxylic acids is 1. The summed E-state index contributed by atoms with van der Waals surface area (Å²) in [4.78, 5) is 12.4. The first-order chi connectivity index (χ1) is 10.5. The fraction of sp³-hybridized carbons (Fsp3) is 0.750. The first-order valence-electron chi connectivity index (χ1n) is 9.01. The Kier molecular flexibility index (Phi) is 3.29. The van der Waals surface area contributed by atoms with E-state index in [9.17, 15) is 4.79 Å². The molecule has 0 unspecified atom stereocenters. The molecule has 4 aliphatic rings. The van der Waals surface area contributed by atoms with E-state index in [4.69, 9.17) is 4.74 Å². The molecule has 0 radical (unpaired) electrons. The van der Waals surface area contributed by atoms with Crippen molar-refractivity contribution in [1.82, 2.24) is 0 Å². The third-order valence-corrected chi connectivity index (χ3v) is 7.37. The molecular formula is C20H28O2. The van der Waals surface area contributed by atoms with Crippen LogP contribution in [0.1, 0.15) is 58.8 Å². The molecule has 0 aromatic heterocycles. The van der Waals surface area contributed by atoms with E-state index in [2.05, 4.69) is 19.9 Å². The van der Waals surface area contributed by atoms with E-state index < -0.39 is 0 Å². The molecule has 120 valence electrons. The fourth-order valence-corrected chi connectivity index (χ4v) is 6.23. The molecule has 22 heavy (non-hydrogen) atoms. The third-order valence-electron chi connectivity index (χ3n) is 7.37. The zero-order chi connectivity index (χ0) is 15.5. The molecule has 0 aromatic rings. The maximum absolute atomic E-state index is 12.4. The first-order valence-corrected chi connectivity index (χ1v) is 9.01. The number of hydrogen-bond acceptors (Lipinski definition) is 2. The van der Waals surface area contributed by atoms with E-state index in [1.54, 1.807) is 18.3 Å². The average molecular weight is 300 g/mol. The highest BCUT2D eigenvalue weighted by Crippen LogP contribution is 2.61. The van der Waals surface area contributed by atoms with E-state index in [0.717, 1.165) is 55.6 Å². The molecule has 0 spiro atoms. The van der Waals surface area contributed by atoms with Crippen LogP contribution in [0, 0.1) is 29.1 Å². The zero-order valence-corrected chi connectivity index (χ0v) is 14.2. The average Bonchev–Trinajstić information content (AvgIpc) is 2.82. The Morgan fingerprint density at radius 1 is 1.32 bits per heavy atom. The van der Waals surface area contributed by atoms with Crippen LogP contribution >= 0.6 is 0 Å². The second-order valence-corrected chi connectivity index (χ2v) is 8.27. The quantitative estimate of drug-likeness (QED) is 0.658. The van der Waals surface area contributed by atoms with Crippen molar-refractivity contribution in [1.29, 1.82) is 0 Å². The lowest BCUT2D eigenvalue weighted by atomic mass is 9.52. The number of hydrogen-bond donors (Lipinski definition) is 0. The SMILES string of the molecule is COC1=CCC2=C(C1)C[C@@H](C)[C@@H]1[C@@H]2CC[C@]2(C)C(=O)CC[C@H]12. The van der Waals surface area contributed by atoms with Crippen LogP contribution in [0.15, 0.2) is 23.0 Å². The maximum Gasteiger partial charge on any atom is 0.139 e. The number of carbonyl (C=O) groups is 1. The van der Waals surface area contributed by atoms with Crippen LogP contribution in [0.25, 0.3) is 0 Å². The monoisotopic (exact) mass is 300 g/mol. The zero-order valence-electron chi connectivity index (χ0n) is 14.2. The number of allylic oxidation sites excluding steroid dienone is 3. The lowest BCUT2D eigenvalue weighted by Crippen LogP contribution is -2.46. The summed E-state index contributed by atoms with van der Waals surface area (Å²) in [5.74, 6) is 4.53. The van der Waals surface area contributed by atoms with Gasteiger partial charge in [-0.2, -0.15) is 0 Å². The van der Waals surface area contributed by atoms with Crippen LogP contribution in [0.5, 0.6) is 0 Å². The van der Waals surface area contributed by atoms with Crippen molar-refractivity contribution < 1.29 is 9.53 Å². The summed E-state index contributed by atoms with van der Waals surface area (Å²) < 4.78 is 5.49. The molecule has 0 aliphatic heterocycles. The van der Waals surface area contributed by atoms with E-state index >= 15 is 0 Å². The van der Waals surface area contributed by atoms with Crippen molar-refractivity contribution in [2.75, 3.05) is 7.11 Å². The van der Waals surface area contributed by atoms with E-state index in [-0.39, 0.29) is 5.41 Å². The number of fused-ring (bicyclic) bond motifs is 4. The van der Waals surface area contributed by atoms with Crippen molar-refractivity contribution in [2.45, 2.75) is 58.8 Å². The van der Waals surface area contributed by atoms with Crippen molar-refractivity contribution in [3.8, 4) is 0 Å². The fourth-order valence-electron chi connectivity index (χ4n) is 6.23. The highest BCUT2D eigenvalue weighted by Gasteiger charge is 2.56. The summed E-state index contributed by atoms with van der Waals surface area (Å²) in [6.07, 6.45) is 9.94. The molecule has 0 bridgehead atoms. The molecule has 0 amide bonds. The molecule has 4 rings (SSSR count). The molecule has 4 aliphatic carbocycles. The molecule has 5 atom stereocenters. The summed E-state index contributed by atoms with van der Waals surface area (Å²) in [6.45, 7) is 4.70. The molecular weight excluding hydrogens is 272 g/mol. The normalized spacial score (nSPS) is 44.1. The van der Waals surface area contributed by atoms with Gasteiger partial charge in [-0.15, -0.1) is 0 Å². The first kappa shape index (κ1) is 14.5. The van der Waals surface area contributed by atoms with Crippen LogP contribution < -0.4 is 0 Å². The standard InChI is InChI=1S/C20H28O2/c1-12-10-13-11-14(22-3)4-5-15(13)16-8-9-20(2)17(19(12)16)6-7-18(20)21/h4,12,16-17,19H,5-11H2,1-3H3/t12-,16-,17-,19-,20+/m1/s1. The highest BCUT2D eigenvalue weighted by molar-refractivity contribution is 5.87. The molecule has 2 fully saturated rings. The minimum absolute atomic E-state index is 0.00428. The summed E-state index contributed by atoms with van der Waals surface area (Å²) >= 11 is 0. The van der Waals surface area contributed by atoms with E-state index in [1.807, 2.05) is 0 Å². The minimum Gasteiger partial charge on any atom is -0.501 e. The Labute approximate surface area is 134 Å². The van der Waals surface area contributed by atoms with Gasteiger partial charge in [0.05, 0.1) is 12.9 Å². The number of ketones is 1. The van der Waals surface area contributed by atoms with Gasteiger partial charge in [-0.05, 0) is 61.9 Å². The van der Waals surface area contributed by atoms with Crippen LogP contribution in [-0.2, 0) is 9.53 Å². The van der Waals surface area contributed by atoms with E-state index in [0.29, 0.717) is 11.7 Å². The topological polar surface area (TPSA) is 26.3 Å². The van der Waals surface area contributed by atoms with Crippen molar-refractivity contribution in [3.63, 3.8) is 0 Å². The number of Topliss-reactive ketones (excluding diaryl/α,β-unsaturated/α-hetero) is 1. The number of ether oxygens (including phenoxy) is 1. The summed E-state index contributed by atoms with van der Waals surface area (Å²) in [7, 11) is 1.79. The Hall–Kier alpha value is -1.05. The largest absolute Gasteiger partial charge is 0.501 e. The Balaban J connectivity index is 1.67. The van der Waals surface area contributed by atoms with Crippen LogP contribution in [0.3, 0.4) is 0 Å². The molecule has 2 heteroatoms. The van der Waals surface area contributed by atoms with Gasteiger partial charge in [0.25, 0.3) is 0 Å². The lowest BCUT2D eigenvalue weighted by molar-refractivity contribution is -0.130. The number of rotatable bonds is 1. The van der Waals surface area contributed by atoms with Gasteiger partial charge in [0.2, 0.25) is 0 Å². The maximum atomic E-state index is 12.4. The lowest BCUT2D eigenvalue weighted by Gasteiger charge is -2.52. The van der Waals surface area contributed by atoms with Gasteiger partial charge >= 0.3 is 0 Å². The summed E-state index contributed by atoms with van der Waals surface area (Å²) in [6, 6.07) is 0. The predicted octanol–water partition coefficient (Wildman–Crippen LogP) is 4.66. The van der Waals surface area contributed by atoms with Crippen LogP contribution in [0.2, 0.25) is 0 Å². The highest BCUT2D eigenvalue weighted by atomic mass is 16.5. The third kappa shape index (κ3) is 1.88. The Morgan fingerprint density at radius 3 is 2.91 bits per heavy atom. The van der Waals surface area contributed by atoms with Gasteiger partial charge in [-0.3, -0.25) is 4.79 Å². The molecule has 0 aromatic carbocycles. The Bertz CT molecular complexity index is 570. The van der Waals surface area contributed by atoms with Gasteiger partial charge in [0.1, 0.15) is 5.78 Å². The molecule has 0 saturated heterocycles. The number of methoxy groups -OCH3 is 1. The summed E-state index contributed by atoms with van der Waals surface area (Å²) in [5, 5.41) is 0. The smallest absolute Gasteiger partial charge is 0.139 e.